The molecule has 0 aliphatic carbocycles. The van der Waals surface area contributed by atoms with Crippen LogP contribution in [-0.4, -0.2) is 17.4 Å². The van der Waals surface area contributed by atoms with Crippen molar-refractivity contribution in [1.82, 2.24) is 0 Å². The first-order valence-corrected chi connectivity index (χ1v) is 7.73. The Labute approximate surface area is 148 Å². The second kappa shape index (κ2) is 7.32. The molecule has 0 heterocycles. The zero-order chi connectivity index (χ0) is 18.8. The Hall–Kier alpha value is -2.26. The minimum absolute atomic E-state index is 0.122. The molecule has 10 heteroatoms. The van der Waals surface area contributed by atoms with Crippen molar-refractivity contribution in [2.45, 2.75) is 10.4 Å². The van der Waals surface area contributed by atoms with E-state index in [9.17, 15) is 27.2 Å². The van der Waals surface area contributed by atoms with E-state index in [2.05, 4.69) is 0 Å². The topological polar surface area (TPSA) is 63.4 Å². The zero-order valence-electron chi connectivity index (χ0n) is 12.2. The molecular formula is C15H9ClF4N2O2S. The number of carbonyl (C=O) groups is 2. The van der Waals surface area contributed by atoms with Gasteiger partial charge in [-0.25, -0.2) is 14.1 Å². The third kappa shape index (κ3) is 4.64. The van der Waals surface area contributed by atoms with Crippen molar-refractivity contribution in [2.24, 2.45) is 5.73 Å². The molecule has 2 aromatic carbocycles. The Morgan fingerprint density at radius 2 is 1.68 bits per heavy atom. The summed E-state index contributed by atoms with van der Waals surface area (Å²) < 4.78 is 50.9. The number of benzene rings is 2. The summed E-state index contributed by atoms with van der Waals surface area (Å²) in [5, 5.41) is -0.236. The third-order valence-electron chi connectivity index (χ3n) is 2.93. The largest absolute Gasteiger partial charge is 0.446 e. The van der Waals surface area contributed by atoms with Gasteiger partial charge >= 0.3 is 11.5 Å². The number of hydrogen-bond acceptors (Lipinski definition) is 3. The van der Waals surface area contributed by atoms with E-state index >= 15 is 0 Å². The first-order valence-electron chi connectivity index (χ1n) is 6.54. The number of hydrogen-bond donors (Lipinski definition) is 1. The summed E-state index contributed by atoms with van der Waals surface area (Å²) in [7, 11) is 0. The molecule has 2 rings (SSSR count). The molecule has 0 saturated carbocycles. The summed E-state index contributed by atoms with van der Waals surface area (Å²) in [5.74, 6) is -2.10. The first kappa shape index (κ1) is 19.1. The fourth-order valence-corrected chi connectivity index (χ4v) is 2.74. The monoisotopic (exact) mass is 392 g/mol. The molecule has 4 nitrogen and oxygen atoms in total. The molecule has 25 heavy (non-hydrogen) atoms. The van der Waals surface area contributed by atoms with Crippen molar-refractivity contribution >= 4 is 41.0 Å². The van der Waals surface area contributed by atoms with Crippen molar-refractivity contribution in [2.75, 3.05) is 4.90 Å². The summed E-state index contributed by atoms with van der Waals surface area (Å²) in [4.78, 5) is 24.4. The molecule has 0 fully saturated rings. The minimum atomic E-state index is -4.48. The van der Waals surface area contributed by atoms with Gasteiger partial charge in [0, 0.05) is 4.90 Å². The predicted molar refractivity (Wildman–Crippen MR) is 86.2 cm³/mol. The molecular weight excluding hydrogens is 384 g/mol. The van der Waals surface area contributed by atoms with Crippen molar-refractivity contribution in [3.05, 3.63) is 58.9 Å². The molecule has 2 aromatic rings. The highest BCUT2D eigenvalue weighted by molar-refractivity contribution is 8.00. The van der Waals surface area contributed by atoms with Crippen LogP contribution in [0.2, 0.25) is 5.02 Å². The van der Waals surface area contributed by atoms with E-state index in [-0.39, 0.29) is 27.4 Å². The van der Waals surface area contributed by atoms with Gasteiger partial charge in [-0.05, 0) is 48.2 Å². The number of amides is 3. The van der Waals surface area contributed by atoms with Gasteiger partial charge in [-0.2, -0.15) is 13.2 Å². The van der Waals surface area contributed by atoms with Crippen LogP contribution in [0.15, 0.2) is 47.4 Å². The van der Waals surface area contributed by atoms with Crippen LogP contribution in [0, 0.1) is 5.82 Å². The number of thioether (sulfide) groups is 1. The normalized spacial score (nSPS) is 11.2. The minimum Gasteiger partial charge on any atom is -0.351 e. The molecule has 0 saturated heterocycles. The number of urea groups is 1. The molecule has 0 spiro atoms. The van der Waals surface area contributed by atoms with Crippen LogP contribution in [0.25, 0.3) is 0 Å². The van der Waals surface area contributed by atoms with Gasteiger partial charge < -0.3 is 5.73 Å². The number of anilines is 1. The van der Waals surface area contributed by atoms with Crippen LogP contribution in [0.3, 0.4) is 0 Å². The number of imide groups is 1. The van der Waals surface area contributed by atoms with E-state index in [1.165, 1.54) is 12.1 Å². The molecule has 0 aliphatic heterocycles. The lowest BCUT2D eigenvalue weighted by atomic mass is 10.1. The number of primary amides is 1. The highest BCUT2D eigenvalue weighted by Gasteiger charge is 2.30. The van der Waals surface area contributed by atoms with E-state index in [1.54, 1.807) is 0 Å². The molecule has 132 valence electrons. The zero-order valence-corrected chi connectivity index (χ0v) is 13.8. The maximum Gasteiger partial charge on any atom is 0.446 e. The van der Waals surface area contributed by atoms with E-state index in [0.29, 0.717) is 4.90 Å². The van der Waals surface area contributed by atoms with Gasteiger partial charge in [0.1, 0.15) is 5.82 Å². The second-order valence-electron chi connectivity index (χ2n) is 4.62. The highest BCUT2D eigenvalue weighted by Crippen LogP contribution is 2.37. The van der Waals surface area contributed by atoms with Gasteiger partial charge in [-0.3, -0.25) is 4.79 Å². The quantitative estimate of drug-likeness (QED) is 0.602. The third-order valence-corrected chi connectivity index (χ3v) is 3.98. The van der Waals surface area contributed by atoms with Crippen molar-refractivity contribution < 1.29 is 27.2 Å². The number of nitrogens with two attached hydrogens (primary N) is 1. The fraction of sp³-hybridized carbons (Fsp3) is 0.0667. The van der Waals surface area contributed by atoms with E-state index in [0.717, 1.165) is 30.3 Å². The van der Waals surface area contributed by atoms with Gasteiger partial charge in [-0.1, -0.05) is 17.7 Å². The van der Waals surface area contributed by atoms with Crippen LogP contribution in [-0.2, 0) is 0 Å². The Morgan fingerprint density at radius 1 is 1.08 bits per heavy atom. The van der Waals surface area contributed by atoms with E-state index in [4.69, 9.17) is 17.3 Å². The SMILES string of the molecule is NC(=O)N(C(=O)c1c(F)cccc1Cl)c1ccc(SC(F)(F)F)cc1. The molecule has 0 unspecified atom stereocenters. The van der Waals surface area contributed by atoms with Gasteiger partial charge in [0.15, 0.2) is 0 Å². The Morgan fingerprint density at radius 3 is 2.16 bits per heavy atom. The van der Waals surface area contributed by atoms with Crippen LogP contribution >= 0.6 is 23.4 Å². The Balaban J connectivity index is 2.39. The van der Waals surface area contributed by atoms with Gasteiger partial charge in [0.25, 0.3) is 5.91 Å². The number of carbonyl (C=O) groups excluding carboxylic acids is 2. The number of rotatable bonds is 3. The van der Waals surface area contributed by atoms with Crippen molar-refractivity contribution in [3.63, 3.8) is 0 Å². The highest BCUT2D eigenvalue weighted by atomic mass is 35.5. The molecule has 0 atom stereocenters. The maximum atomic E-state index is 13.9. The molecule has 0 radical (unpaired) electrons. The van der Waals surface area contributed by atoms with E-state index in [1.807, 2.05) is 0 Å². The second-order valence-corrected chi connectivity index (χ2v) is 6.16. The van der Waals surface area contributed by atoms with Crippen molar-refractivity contribution in [3.8, 4) is 0 Å². The lowest BCUT2D eigenvalue weighted by Gasteiger charge is -2.20. The number of halogens is 5. The number of alkyl halides is 3. The summed E-state index contributed by atoms with van der Waals surface area (Å²) in [6.45, 7) is 0. The standard InChI is InChI=1S/C15H9ClF4N2O2S/c16-10-2-1-3-11(17)12(10)13(23)22(14(21)24)8-4-6-9(7-5-8)25-15(18,19)20/h1-7H,(H2,21,24). The smallest absolute Gasteiger partial charge is 0.351 e. The van der Waals surface area contributed by atoms with Gasteiger partial charge in [-0.15, -0.1) is 0 Å². The predicted octanol–water partition coefficient (Wildman–Crippen LogP) is 4.82. The Kier molecular flexibility index (Phi) is 5.58. The molecule has 0 bridgehead atoms. The van der Waals surface area contributed by atoms with Crippen LogP contribution < -0.4 is 10.6 Å². The Bertz CT molecular complexity index is 792. The molecule has 0 aromatic heterocycles. The molecule has 3 amide bonds. The van der Waals surface area contributed by atoms with Gasteiger partial charge in [0.05, 0.1) is 16.3 Å². The first-order chi connectivity index (χ1) is 11.6. The van der Waals surface area contributed by atoms with Gasteiger partial charge in [0.2, 0.25) is 0 Å². The lowest BCUT2D eigenvalue weighted by molar-refractivity contribution is -0.0328. The summed E-state index contributed by atoms with van der Waals surface area (Å²) in [5.41, 5.74) is -0.0167. The fourth-order valence-electron chi connectivity index (χ4n) is 1.96. The number of nitrogens with zero attached hydrogens (tertiary/aromatic N) is 1. The molecule has 0 aliphatic rings. The van der Waals surface area contributed by atoms with E-state index < -0.39 is 28.8 Å². The average Bonchev–Trinajstić information content (AvgIpc) is 2.47. The summed E-state index contributed by atoms with van der Waals surface area (Å²) in [6, 6.07) is 6.55. The summed E-state index contributed by atoms with van der Waals surface area (Å²) in [6.07, 6.45) is 0. The van der Waals surface area contributed by atoms with Crippen molar-refractivity contribution in [1.29, 1.82) is 0 Å². The summed E-state index contributed by atoms with van der Waals surface area (Å²) >= 11 is 5.43. The molecule has 2 N–H and O–H groups in total. The average molecular weight is 393 g/mol. The van der Waals surface area contributed by atoms with Crippen LogP contribution in [0.5, 0.6) is 0 Å². The lowest BCUT2D eigenvalue weighted by Crippen LogP contribution is -2.41. The maximum absolute atomic E-state index is 13.9. The van der Waals surface area contributed by atoms with Crippen LogP contribution in [0.1, 0.15) is 10.4 Å². The van der Waals surface area contributed by atoms with Crippen LogP contribution in [0.4, 0.5) is 28.0 Å².